The minimum absolute atomic E-state index is 0.162. The Hall–Kier alpha value is -0.110. The van der Waals surface area contributed by atoms with E-state index in [4.69, 9.17) is 12.2 Å². The molecule has 0 aromatic heterocycles. The maximum absolute atomic E-state index is 5.04. The van der Waals surface area contributed by atoms with Gasteiger partial charge < -0.3 is 5.32 Å². The minimum Gasteiger partial charge on any atom is -0.375 e. The molecule has 0 aromatic carbocycles. The fourth-order valence-corrected chi connectivity index (χ4v) is 1.63. The predicted molar refractivity (Wildman–Crippen MR) is 64.2 cm³/mol. The molecule has 1 N–H and O–H groups in total. The molecule has 0 aliphatic rings. The van der Waals surface area contributed by atoms with Crippen LogP contribution in [0, 0.1) is 5.92 Å². The Labute approximate surface area is 88.3 Å². The van der Waals surface area contributed by atoms with Crippen molar-refractivity contribution in [3.05, 3.63) is 0 Å². The Kier molecular flexibility index (Phi) is 5.54. The lowest BCUT2D eigenvalue weighted by atomic mass is 9.92. The Bertz CT molecular complexity index is 163. The van der Waals surface area contributed by atoms with Crippen molar-refractivity contribution in [2.24, 2.45) is 5.92 Å². The van der Waals surface area contributed by atoms with Gasteiger partial charge in [-0.15, -0.1) is 0 Å². The van der Waals surface area contributed by atoms with Gasteiger partial charge in [-0.3, -0.25) is 0 Å². The molecule has 0 aliphatic heterocycles. The van der Waals surface area contributed by atoms with Crippen molar-refractivity contribution in [3.63, 3.8) is 0 Å². The summed E-state index contributed by atoms with van der Waals surface area (Å²) in [6.07, 6.45) is 3.74. The summed E-state index contributed by atoms with van der Waals surface area (Å²) in [4.78, 5) is 0.897. The summed E-state index contributed by atoms with van der Waals surface area (Å²) in [5.74, 6) is 0.825. The van der Waals surface area contributed by atoms with Crippen molar-refractivity contribution in [1.29, 1.82) is 0 Å². The molecular weight excluding hydrogens is 178 g/mol. The number of hydrogen-bond acceptors (Lipinski definition) is 1. The number of nitrogens with one attached hydrogen (secondary N) is 1. The smallest absolute Gasteiger partial charge is 0.0725 e. The predicted octanol–water partition coefficient (Wildman–Crippen LogP) is 3.53. The standard InChI is InChI=1S/C11H23NS/c1-6-9(2)7-8-11(4,5)12-10(3)13/h9H,6-8H2,1-5H3,(H,12,13). The van der Waals surface area contributed by atoms with E-state index >= 15 is 0 Å². The zero-order valence-corrected chi connectivity index (χ0v) is 10.4. The molecule has 0 saturated carbocycles. The van der Waals surface area contributed by atoms with Gasteiger partial charge in [0.25, 0.3) is 0 Å². The topological polar surface area (TPSA) is 12.0 Å². The highest BCUT2D eigenvalue weighted by Crippen LogP contribution is 2.17. The second-order valence-electron chi connectivity index (χ2n) is 4.62. The van der Waals surface area contributed by atoms with Crippen LogP contribution in [0.3, 0.4) is 0 Å². The second kappa shape index (κ2) is 5.58. The molecule has 0 fully saturated rings. The summed E-state index contributed by atoms with van der Waals surface area (Å²) in [7, 11) is 0. The second-order valence-corrected chi connectivity index (χ2v) is 5.23. The van der Waals surface area contributed by atoms with E-state index in [2.05, 4.69) is 33.0 Å². The molecule has 1 unspecified atom stereocenters. The van der Waals surface area contributed by atoms with Gasteiger partial charge in [-0.2, -0.15) is 0 Å². The molecule has 0 aromatic rings. The van der Waals surface area contributed by atoms with Gasteiger partial charge in [0.05, 0.1) is 4.99 Å². The third-order valence-corrected chi connectivity index (χ3v) is 2.58. The molecule has 0 radical (unpaired) electrons. The minimum atomic E-state index is 0.162. The zero-order chi connectivity index (χ0) is 10.5. The van der Waals surface area contributed by atoms with Crippen molar-refractivity contribution in [2.75, 3.05) is 0 Å². The Morgan fingerprint density at radius 2 is 2.00 bits per heavy atom. The zero-order valence-electron chi connectivity index (χ0n) is 9.61. The molecule has 13 heavy (non-hydrogen) atoms. The molecule has 0 rings (SSSR count). The maximum Gasteiger partial charge on any atom is 0.0725 e. The van der Waals surface area contributed by atoms with E-state index < -0.39 is 0 Å². The van der Waals surface area contributed by atoms with Crippen LogP contribution in [0.25, 0.3) is 0 Å². The van der Waals surface area contributed by atoms with Gasteiger partial charge in [-0.05, 0) is 39.5 Å². The first kappa shape index (κ1) is 12.9. The number of rotatable bonds is 5. The first-order valence-corrected chi connectivity index (χ1v) is 5.57. The van der Waals surface area contributed by atoms with Crippen molar-refractivity contribution >= 4 is 17.2 Å². The van der Waals surface area contributed by atoms with Gasteiger partial charge in [0.1, 0.15) is 0 Å². The highest BCUT2D eigenvalue weighted by atomic mass is 32.1. The van der Waals surface area contributed by atoms with E-state index in [0.717, 1.165) is 10.9 Å². The lowest BCUT2D eigenvalue weighted by Crippen LogP contribution is -2.41. The Balaban J connectivity index is 3.81. The Morgan fingerprint density at radius 1 is 1.46 bits per heavy atom. The van der Waals surface area contributed by atoms with E-state index in [0.29, 0.717) is 0 Å². The Morgan fingerprint density at radius 3 is 2.38 bits per heavy atom. The first-order chi connectivity index (χ1) is 5.87. The van der Waals surface area contributed by atoms with Gasteiger partial charge in [0.15, 0.2) is 0 Å². The van der Waals surface area contributed by atoms with Gasteiger partial charge in [-0.25, -0.2) is 0 Å². The average Bonchev–Trinajstić information content (AvgIpc) is 1.98. The van der Waals surface area contributed by atoms with Crippen LogP contribution in [-0.4, -0.2) is 10.5 Å². The van der Waals surface area contributed by atoms with Crippen molar-refractivity contribution in [1.82, 2.24) is 5.32 Å². The molecule has 2 heteroatoms. The summed E-state index contributed by atoms with van der Waals surface area (Å²) in [6, 6.07) is 0. The lowest BCUT2D eigenvalue weighted by molar-refractivity contribution is 0.366. The molecular formula is C11H23NS. The quantitative estimate of drug-likeness (QED) is 0.683. The van der Waals surface area contributed by atoms with Crippen LogP contribution < -0.4 is 5.32 Å². The first-order valence-electron chi connectivity index (χ1n) is 5.16. The highest BCUT2D eigenvalue weighted by Gasteiger charge is 2.17. The van der Waals surface area contributed by atoms with E-state index in [1.54, 1.807) is 0 Å². The summed E-state index contributed by atoms with van der Waals surface area (Å²) in [5, 5.41) is 3.33. The van der Waals surface area contributed by atoms with E-state index in [9.17, 15) is 0 Å². The van der Waals surface area contributed by atoms with Gasteiger partial charge in [-0.1, -0.05) is 32.5 Å². The fraction of sp³-hybridized carbons (Fsp3) is 0.909. The van der Waals surface area contributed by atoms with Gasteiger partial charge in [0, 0.05) is 5.54 Å². The summed E-state index contributed by atoms with van der Waals surface area (Å²) >= 11 is 5.04. The molecule has 0 heterocycles. The molecule has 1 nitrogen and oxygen atoms in total. The molecule has 0 spiro atoms. The average molecular weight is 201 g/mol. The van der Waals surface area contributed by atoms with E-state index in [-0.39, 0.29) is 5.54 Å². The fourth-order valence-electron chi connectivity index (χ4n) is 1.35. The normalized spacial score (nSPS) is 13.9. The molecule has 0 aliphatic carbocycles. The molecule has 0 bridgehead atoms. The van der Waals surface area contributed by atoms with Crippen LogP contribution >= 0.6 is 12.2 Å². The maximum atomic E-state index is 5.04. The third-order valence-electron chi connectivity index (χ3n) is 2.47. The van der Waals surface area contributed by atoms with Crippen molar-refractivity contribution < 1.29 is 0 Å². The van der Waals surface area contributed by atoms with Gasteiger partial charge in [0.2, 0.25) is 0 Å². The van der Waals surface area contributed by atoms with E-state index in [1.807, 2.05) is 6.92 Å². The summed E-state index contributed by atoms with van der Waals surface area (Å²) < 4.78 is 0. The lowest BCUT2D eigenvalue weighted by Gasteiger charge is -2.28. The van der Waals surface area contributed by atoms with Crippen LogP contribution in [0.2, 0.25) is 0 Å². The van der Waals surface area contributed by atoms with Crippen LogP contribution in [0.15, 0.2) is 0 Å². The number of thiocarbonyl (C=S) groups is 1. The van der Waals surface area contributed by atoms with E-state index in [1.165, 1.54) is 19.3 Å². The third kappa shape index (κ3) is 7.00. The highest BCUT2D eigenvalue weighted by molar-refractivity contribution is 7.80. The largest absolute Gasteiger partial charge is 0.375 e. The summed E-state index contributed by atoms with van der Waals surface area (Å²) in [6.45, 7) is 10.9. The summed E-state index contributed by atoms with van der Waals surface area (Å²) in [5.41, 5.74) is 0.162. The van der Waals surface area contributed by atoms with Crippen molar-refractivity contribution in [3.8, 4) is 0 Å². The van der Waals surface area contributed by atoms with Crippen LogP contribution in [0.1, 0.15) is 53.9 Å². The SMILES string of the molecule is CCC(C)CCC(C)(C)NC(C)=S. The van der Waals surface area contributed by atoms with Crippen LogP contribution in [0.4, 0.5) is 0 Å². The molecule has 78 valence electrons. The molecule has 0 amide bonds. The van der Waals surface area contributed by atoms with Crippen molar-refractivity contribution in [2.45, 2.75) is 59.4 Å². The van der Waals surface area contributed by atoms with Gasteiger partial charge >= 0.3 is 0 Å². The number of hydrogen-bond donors (Lipinski definition) is 1. The monoisotopic (exact) mass is 201 g/mol. The van der Waals surface area contributed by atoms with Crippen LogP contribution in [-0.2, 0) is 0 Å². The molecule has 0 saturated heterocycles. The molecule has 1 atom stereocenters. The van der Waals surface area contributed by atoms with Crippen LogP contribution in [0.5, 0.6) is 0 Å².